The van der Waals surface area contributed by atoms with Crippen LogP contribution in [0.3, 0.4) is 0 Å². The zero-order chi connectivity index (χ0) is 13.0. The average Bonchev–Trinajstić information content (AvgIpc) is 2.39. The van der Waals surface area contributed by atoms with E-state index in [1.165, 1.54) is 0 Å². The summed E-state index contributed by atoms with van der Waals surface area (Å²) in [5, 5.41) is 3.26. The number of anilines is 1. The molecule has 2 rings (SSSR count). The minimum absolute atomic E-state index is 0.103. The van der Waals surface area contributed by atoms with Crippen molar-refractivity contribution >= 4 is 11.5 Å². The van der Waals surface area contributed by atoms with Crippen molar-refractivity contribution in [2.24, 2.45) is 0 Å². The van der Waals surface area contributed by atoms with Crippen LogP contribution in [0.25, 0.3) is 0 Å². The SMILES string of the molecule is COc1ccc(C(=O)CN2CCNCC2)cc1N. The van der Waals surface area contributed by atoms with Gasteiger partial charge in [0.25, 0.3) is 0 Å². The first-order valence-corrected chi connectivity index (χ1v) is 6.10. The Morgan fingerprint density at radius 1 is 1.44 bits per heavy atom. The summed E-state index contributed by atoms with van der Waals surface area (Å²) >= 11 is 0. The quantitative estimate of drug-likeness (QED) is 0.596. The predicted octanol–water partition coefficient (Wildman–Crippen LogP) is 0.365. The number of carbonyl (C=O) groups excluding carboxylic acids is 1. The van der Waals surface area contributed by atoms with Crippen molar-refractivity contribution < 1.29 is 9.53 Å². The van der Waals surface area contributed by atoms with Gasteiger partial charge in [0, 0.05) is 31.7 Å². The smallest absolute Gasteiger partial charge is 0.176 e. The summed E-state index contributed by atoms with van der Waals surface area (Å²) in [7, 11) is 1.56. The highest BCUT2D eigenvalue weighted by molar-refractivity contribution is 5.98. The number of nitrogens with zero attached hydrogens (tertiary/aromatic N) is 1. The molecular formula is C13H19N3O2. The van der Waals surface area contributed by atoms with Crippen LogP contribution in [-0.4, -0.2) is 50.5 Å². The molecule has 5 heteroatoms. The lowest BCUT2D eigenvalue weighted by Gasteiger charge is -2.26. The molecule has 1 aromatic carbocycles. The van der Waals surface area contributed by atoms with Gasteiger partial charge >= 0.3 is 0 Å². The van der Waals surface area contributed by atoms with Crippen LogP contribution in [0.5, 0.6) is 5.75 Å². The number of ketones is 1. The first-order chi connectivity index (χ1) is 8.70. The number of benzene rings is 1. The number of carbonyl (C=O) groups is 1. The third-order valence-electron chi connectivity index (χ3n) is 3.13. The number of piperazine rings is 1. The molecule has 0 spiro atoms. The fraction of sp³-hybridized carbons (Fsp3) is 0.462. The molecule has 0 aromatic heterocycles. The van der Waals surface area contributed by atoms with Gasteiger partial charge in [0.15, 0.2) is 5.78 Å². The molecule has 1 saturated heterocycles. The van der Waals surface area contributed by atoms with Crippen molar-refractivity contribution in [1.82, 2.24) is 10.2 Å². The van der Waals surface area contributed by atoms with Gasteiger partial charge in [0.2, 0.25) is 0 Å². The second-order valence-electron chi connectivity index (χ2n) is 4.41. The van der Waals surface area contributed by atoms with E-state index in [0.717, 1.165) is 26.2 Å². The zero-order valence-electron chi connectivity index (χ0n) is 10.6. The molecule has 18 heavy (non-hydrogen) atoms. The van der Waals surface area contributed by atoms with Crippen LogP contribution in [0.15, 0.2) is 18.2 Å². The summed E-state index contributed by atoms with van der Waals surface area (Å²) in [6.07, 6.45) is 0. The Bertz CT molecular complexity index is 428. The molecule has 0 amide bonds. The largest absolute Gasteiger partial charge is 0.495 e. The molecule has 1 aromatic rings. The fourth-order valence-corrected chi connectivity index (χ4v) is 2.07. The van der Waals surface area contributed by atoms with Crippen LogP contribution in [-0.2, 0) is 0 Å². The normalized spacial score (nSPS) is 16.5. The van der Waals surface area contributed by atoms with E-state index in [4.69, 9.17) is 10.5 Å². The molecule has 1 aliphatic rings. The summed E-state index contributed by atoms with van der Waals surface area (Å²) in [6.45, 7) is 4.16. The third-order valence-corrected chi connectivity index (χ3v) is 3.13. The molecule has 0 bridgehead atoms. The molecule has 0 aliphatic carbocycles. The maximum absolute atomic E-state index is 12.1. The van der Waals surface area contributed by atoms with E-state index in [-0.39, 0.29) is 5.78 Å². The molecule has 0 atom stereocenters. The Labute approximate surface area is 107 Å². The lowest BCUT2D eigenvalue weighted by Crippen LogP contribution is -2.45. The lowest BCUT2D eigenvalue weighted by atomic mass is 10.1. The van der Waals surface area contributed by atoms with Gasteiger partial charge in [0.05, 0.1) is 19.3 Å². The Morgan fingerprint density at radius 2 is 2.17 bits per heavy atom. The van der Waals surface area contributed by atoms with Gasteiger partial charge in [-0.1, -0.05) is 0 Å². The van der Waals surface area contributed by atoms with E-state index in [1.54, 1.807) is 25.3 Å². The van der Waals surface area contributed by atoms with Crippen LogP contribution >= 0.6 is 0 Å². The third kappa shape index (κ3) is 3.00. The van der Waals surface area contributed by atoms with Crippen molar-refractivity contribution in [3.8, 4) is 5.75 Å². The maximum atomic E-state index is 12.1. The monoisotopic (exact) mass is 249 g/mol. The van der Waals surface area contributed by atoms with Gasteiger partial charge in [-0.25, -0.2) is 0 Å². The van der Waals surface area contributed by atoms with Crippen LogP contribution in [0, 0.1) is 0 Å². The number of Topliss-reactive ketones (excluding diaryl/α,β-unsaturated/α-hetero) is 1. The molecule has 1 fully saturated rings. The molecule has 1 heterocycles. The first kappa shape index (κ1) is 12.9. The number of hydrogen-bond donors (Lipinski definition) is 2. The molecule has 98 valence electrons. The minimum atomic E-state index is 0.103. The summed E-state index contributed by atoms with van der Waals surface area (Å²) in [4.78, 5) is 14.3. The van der Waals surface area contributed by atoms with E-state index in [2.05, 4.69) is 10.2 Å². The van der Waals surface area contributed by atoms with Crippen molar-refractivity contribution in [2.45, 2.75) is 0 Å². The van der Waals surface area contributed by atoms with Crippen LogP contribution in [0.2, 0.25) is 0 Å². The molecule has 5 nitrogen and oxygen atoms in total. The topological polar surface area (TPSA) is 67.6 Å². The lowest BCUT2D eigenvalue weighted by molar-refractivity contribution is 0.0921. The van der Waals surface area contributed by atoms with Gasteiger partial charge in [0.1, 0.15) is 5.75 Å². The number of ether oxygens (including phenoxy) is 1. The fourth-order valence-electron chi connectivity index (χ4n) is 2.07. The summed E-state index contributed by atoms with van der Waals surface area (Å²) in [5.74, 6) is 0.708. The van der Waals surface area contributed by atoms with Gasteiger partial charge in [-0.3, -0.25) is 9.69 Å². The van der Waals surface area contributed by atoms with E-state index in [9.17, 15) is 4.79 Å². The highest BCUT2D eigenvalue weighted by atomic mass is 16.5. The summed E-state index contributed by atoms with van der Waals surface area (Å²) < 4.78 is 5.07. The van der Waals surface area contributed by atoms with Crippen molar-refractivity contribution in [2.75, 3.05) is 45.6 Å². The van der Waals surface area contributed by atoms with E-state index < -0.39 is 0 Å². The van der Waals surface area contributed by atoms with Crippen LogP contribution in [0.4, 0.5) is 5.69 Å². The zero-order valence-corrected chi connectivity index (χ0v) is 10.6. The highest BCUT2D eigenvalue weighted by Crippen LogP contribution is 2.22. The number of nitrogens with one attached hydrogen (secondary N) is 1. The molecule has 0 saturated carbocycles. The number of nitrogens with two attached hydrogens (primary N) is 1. The molecule has 1 aliphatic heterocycles. The number of hydrogen-bond acceptors (Lipinski definition) is 5. The average molecular weight is 249 g/mol. The molecule has 0 unspecified atom stereocenters. The Balaban J connectivity index is 2.01. The number of methoxy groups -OCH3 is 1. The van der Waals surface area contributed by atoms with Crippen LogP contribution in [0.1, 0.15) is 10.4 Å². The van der Waals surface area contributed by atoms with Crippen molar-refractivity contribution in [1.29, 1.82) is 0 Å². The molecule has 3 N–H and O–H groups in total. The standard InChI is InChI=1S/C13H19N3O2/c1-18-13-3-2-10(8-11(13)14)12(17)9-16-6-4-15-5-7-16/h2-3,8,15H,4-7,9,14H2,1H3. The Kier molecular flexibility index (Phi) is 4.17. The van der Waals surface area contributed by atoms with Gasteiger partial charge in [-0.15, -0.1) is 0 Å². The number of nitrogen functional groups attached to an aromatic ring is 1. The van der Waals surface area contributed by atoms with Crippen LogP contribution < -0.4 is 15.8 Å². The van der Waals surface area contributed by atoms with Gasteiger partial charge in [-0.2, -0.15) is 0 Å². The molecule has 0 radical (unpaired) electrons. The minimum Gasteiger partial charge on any atom is -0.495 e. The first-order valence-electron chi connectivity index (χ1n) is 6.10. The van der Waals surface area contributed by atoms with Crippen molar-refractivity contribution in [3.63, 3.8) is 0 Å². The van der Waals surface area contributed by atoms with E-state index in [0.29, 0.717) is 23.5 Å². The van der Waals surface area contributed by atoms with E-state index >= 15 is 0 Å². The number of rotatable bonds is 4. The summed E-state index contributed by atoms with van der Waals surface area (Å²) in [5.41, 5.74) is 6.95. The highest BCUT2D eigenvalue weighted by Gasteiger charge is 2.15. The maximum Gasteiger partial charge on any atom is 0.176 e. The second kappa shape index (κ2) is 5.84. The summed E-state index contributed by atoms with van der Waals surface area (Å²) in [6, 6.07) is 5.18. The Morgan fingerprint density at radius 3 is 2.78 bits per heavy atom. The predicted molar refractivity (Wildman–Crippen MR) is 71.0 cm³/mol. The second-order valence-corrected chi connectivity index (χ2v) is 4.41. The molecular weight excluding hydrogens is 230 g/mol. The van der Waals surface area contributed by atoms with E-state index in [1.807, 2.05) is 0 Å². The van der Waals surface area contributed by atoms with Crippen molar-refractivity contribution in [3.05, 3.63) is 23.8 Å². The van der Waals surface area contributed by atoms with Gasteiger partial charge < -0.3 is 15.8 Å². The van der Waals surface area contributed by atoms with Gasteiger partial charge in [-0.05, 0) is 18.2 Å². The Hall–Kier alpha value is -1.59.